The van der Waals surface area contributed by atoms with E-state index in [0.29, 0.717) is 6.61 Å². The number of hydrogen-bond donors (Lipinski definition) is 0. The van der Waals surface area contributed by atoms with Crippen LogP contribution in [-0.4, -0.2) is 12.2 Å². The summed E-state index contributed by atoms with van der Waals surface area (Å²) in [4.78, 5) is 0. The van der Waals surface area contributed by atoms with Gasteiger partial charge < -0.3 is 9.47 Å². The number of aryl methyl sites for hydroxylation is 1. The number of hydrogen-bond acceptors (Lipinski definition) is 2. The van der Waals surface area contributed by atoms with Crippen molar-refractivity contribution in [1.29, 1.82) is 0 Å². The lowest BCUT2D eigenvalue weighted by Gasteiger charge is -2.33. The van der Waals surface area contributed by atoms with Gasteiger partial charge in [0.15, 0.2) is 0 Å². The van der Waals surface area contributed by atoms with Crippen LogP contribution in [-0.2, 0) is 6.42 Å². The average molecular weight is 218 g/mol. The first-order valence-corrected chi connectivity index (χ1v) is 5.75. The molecule has 0 aliphatic carbocycles. The molecule has 16 heavy (non-hydrogen) atoms. The van der Waals surface area contributed by atoms with Gasteiger partial charge >= 0.3 is 0 Å². The Hall–Kier alpha value is -1.44. The van der Waals surface area contributed by atoms with Gasteiger partial charge in [-0.1, -0.05) is 6.58 Å². The second-order valence-corrected chi connectivity index (χ2v) is 4.32. The predicted molar refractivity (Wildman–Crippen MR) is 65.2 cm³/mol. The van der Waals surface area contributed by atoms with Gasteiger partial charge in [0.1, 0.15) is 17.1 Å². The number of benzene rings is 1. The van der Waals surface area contributed by atoms with Crippen LogP contribution in [0, 0.1) is 0 Å². The Labute approximate surface area is 96.9 Å². The van der Waals surface area contributed by atoms with Crippen molar-refractivity contribution in [2.45, 2.75) is 32.3 Å². The molecular weight excluding hydrogens is 200 g/mol. The van der Waals surface area contributed by atoms with E-state index in [-0.39, 0.29) is 5.60 Å². The maximum absolute atomic E-state index is 5.93. The van der Waals surface area contributed by atoms with E-state index in [2.05, 4.69) is 19.6 Å². The Morgan fingerprint density at radius 2 is 2.38 bits per heavy atom. The van der Waals surface area contributed by atoms with Crippen molar-refractivity contribution < 1.29 is 9.47 Å². The summed E-state index contributed by atoms with van der Waals surface area (Å²) in [7, 11) is 0. The molecule has 0 saturated heterocycles. The van der Waals surface area contributed by atoms with Crippen molar-refractivity contribution in [1.82, 2.24) is 0 Å². The molecule has 0 spiro atoms. The van der Waals surface area contributed by atoms with Crippen LogP contribution in [0.15, 0.2) is 30.9 Å². The quantitative estimate of drug-likeness (QED) is 0.724. The van der Waals surface area contributed by atoms with Crippen molar-refractivity contribution in [3.63, 3.8) is 0 Å². The van der Waals surface area contributed by atoms with Crippen LogP contribution in [0.4, 0.5) is 0 Å². The summed E-state index contributed by atoms with van der Waals surface area (Å²) < 4.78 is 11.4. The van der Waals surface area contributed by atoms with E-state index in [1.165, 1.54) is 5.56 Å². The highest BCUT2D eigenvalue weighted by Crippen LogP contribution is 2.35. The van der Waals surface area contributed by atoms with Crippen molar-refractivity contribution in [2.24, 2.45) is 0 Å². The minimum absolute atomic E-state index is 0.222. The fraction of sp³-hybridized carbons (Fsp3) is 0.429. The minimum Gasteiger partial charge on any atom is -0.494 e. The zero-order valence-corrected chi connectivity index (χ0v) is 9.95. The van der Waals surface area contributed by atoms with E-state index in [0.717, 1.165) is 24.3 Å². The van der Waals surface area contributed by atoms with Crippen LogP contribution in [0.25, 0.3) is 0 Å². The highest BCUT2D eigenvalue weighted by molar-refractivity contribution is 5.42. The van der Waals surface area contributed by atoms with Gasteiger partial charge in [-0.2, -0.15) is 0 Å². The first-order chi connectivity index (χ1) is 7.67. The summed E-state index contributed by atoms with van der Waals surface area (Å²) in [6.45, 7) is 8.58. The molecule has 2 heteroatoms. The number of rotatable bonds is 3. The van der Waals surface area contributed by atoms with E-state index in [1.807, 2.05) is 25.1 Å². The molecule has 1 aromatic rings. The third kappa shape index (κ3) is 2.06. The van der Waals surface area contributed by atoms with E-state index >= 15 is 0 Å². The third-order valence-corrected chi connectivity index (χ3v) is 3.01. The van der Waals surface area contributed by atoms with E-state index in [9.17, 15) is 0 Å². The van der Waals surface area contributed by atoms with Gasteiger partial charge in [-0.3, -0.25) is 0 Å². The van der Waals surface area contributed by atoms with Crippen LogP contribution >= 0.6 is 0 Å². The smallest absolute Gasteiger partial charge is 0.124 e. The van der Waals surface area contributed by atoms with Crippen LogP contribution < -0.4 is 9.47 Å². The Morgan fingerprint density at radius 3 is 3.06 bits per heavy atom. The lowest BCUT2D eigenvalue weighted by atomic mass is 9.93. The monoisotopic (exact) mass is 218 g/mol. The number of fused-ring (bicyclic) bond motifs is 1. The summed E-state index contributed by atoms with van der Waals surface area (Å²) >= 11 is 0. The van der Waals surface area contributed by atoms with Crippen LogP contribution in [0.5, 0.6) is 11.5 Å². The molecule has 0 radical (unpaired) electrons. The van der Waals surface area contributed by atoms with Crippen molar-refractivity contribution in [3.05, 3.63) is 36.4 Å². The normalized spacial score (nSPS) is 23.1. The van der Waals surface area contributed by atoms with Gasteiger partial charge in [-0.25, -0.2) is 0 Å². The first-order valence-electron chi connectivity index (χ1n) is 5.75. The molecule has 2 nitrogen and oxygen atoms in total. The van der Waals surface area contributed by atoms with Crippen LogP contribution in [0.1, 0.15) is 25.8 Å². The Bertz CT molecular complexity index is 398. The Kier molecular flexibility index (Phi) is 2.90. The fourth-order valence-corrected chi connectivity index (χ4v) is 1.94. The summed E-state index contributed by atoms with van der Waals surface area (Å²) in [5.41, 5.74) is 1.01. The molecule has 2 rings (SSSR count). The predicted octanol–water partition coefficient (Wildman–Crippen LogP) is 3.36. The molecule has 0 amide bonds. The first kappa shape index (κ1) is 11.1. The van der Waals surface area contributed by atoms with Crippen molar-refractivity contribution >= 4 is 0 Å². The molecule has 1 aromatic carbocycles. The molecule has 1 aliphatic rings. The topological polar surface area (TPSA) is 18.5 Å². The molecular formula is C14H18O2. The standard InChI is InChI=1S/C14H18O2/c1-4-14(3)9-8-11-10-12(15-5-2)6-7-13(11)16-14/h4,6-7,10H,1,5,8-9H2,2-3H3. The third-order valence-electron chi connectivity index (χ3n) is 3.01. The van der Waals surface area contributed by atoms with Gasteiger partial charge in [0.2, 0.25) is 0 Å². The van der Waals surface area contributed by atoms with E-state index < -0.39 is 0 Å². The molecule has 0 fully saturated rings. The maximum atomic E-state index is 5.93. The summed E-state index contributed by atoms with van der Waals surface area (Å²) in [6.07, 6.45) is 3.87. The maximum Gasteiger partial charge on any atom is 0.124 e. The molecule has 0 saturated carbocycles. The molecule has 0 N–H and O–H groups in total. The number of ether oxygens (including phenoxy) is 2. The second-order valence-electron chi connectivity index (χ2n) is 4.32. The molecule has 1 aliphatic heterocycles. The zero-order valence-electron chi connectivity index (χ0n) is 9.95. The van der Waals surface area contributed by atoms with Gasteiger partial charge in [-0.05, 0) is 56.5 Å². The van der Waals surface area contributed by atoms with E-state index in [1.54, 1.807) is 0 Å². The van der Waals surface area contributed by atoms with Gasteiger partial charge in [0.05, 0.1) is 6.61 Å². The lowest BCUT2D eigenvalue weighted by Crippen LogP contribution is -2.33. The molecule has 1 atom stereocenters. The minimum atomic E-state index is -0.222. The van der Waals surface area contributed by atoms with Gasteiger partial charge in [0, 0.05) is 0 Å². The molecule has 0 aromatic heterocycles. The van der Waals surface area contributed by atoms with Gasteiger partial charge in [-0.15, -0.1) is 0 Å². The van der Waals surface area contributed by atoms with Crippen LogP contribution in [0.3, 0.4) is 0 Å². The largest absolute Gasteiger partial charge is 0.494 e. The summed E-state index contributed by atoms with van der Waals surface area (Å²) in [5.74, 6) is 1.88. The SMILES string of the molecule is C=CC1(C)CCc2cc(OCC)ccc2O1. The fourth-order valence-electron chi connectivity index (χ4n) is 1.94. The van der Waals surface area contributed by atoms with E-state index in [4.69, 9.17) is 9.47 Å². The van der Waals surface area contributed by atoms with Crippen molar-refractivity contribution in [2.75, 3.05) is 6.61 Å². The summed E-state index contributed by atoms with van der Waals surface area (Å²) in [5, 5.41) is 0. The highest BCUT2D eigenvalue weighted by Gasteiger charge is 2.28. The lowest BCUT2D eigenvalue weighted by molar-refractivity contribution is 0.114. The average Bonchev–Trinajstić information content (AvgIpc) is 2.30. The summed E-state index contributed by atoms with van der Waals surface area (Å²) in [6, 6.07) is 6.01. The second kappa shape index (κ2) is 4.20. The highest BCUT2D eigenvalue weighted by atomic mass is 16.5. The van der Waals surface area contributed by atoms with Crippen molar-refractivity contribution in [3.8, 4) is 11.5 Å². The Morgan fingerprint density at radius 1 is 1.56 bits per heavy atom. The molecule has 0 bridgehead atoms. The molecule has 86 valence electrons. The zero-order chi connectivity index (χ0) is 11.6. The Balaban J connectivity index is 2.25. The molecule has 1 unspecified atom stereocenters. The van der Waals surface area contributed by atoms with Crippen LogP contribution in [0.2, 0.25) is 0 Å². The van der Waals surface area contributed by atoms with Gasteiger partial charge in [0.25, 0.3) is 0 Å². The molecule has 1 heterocycles.